The molecule has 5 nitrogen and oxygen atoms in total. The Kier molecular flexibility index (Phi) is 2.23. The molecule has 0 aliphatic heterocycles. The van der Waals surface area contributed by atoms with Gasteiger partial charge in [-0.1, -0.05) is 0 Å². The van der Waals surface area contributed by atoms with Gasteiger partial charge in [0.15, 0.2) is 0 Å². The van der Waals surface area contributed by atoms with Crippen LogP contribution in [0.4, 0.5) is 0 Å². The monoisotopic (exact) mass is 168 g/mol. The van der Waals surface area contributed by atoms with E-state index in [9.17, 15) is 9.59 Å². The second kappa shape index (κ2) is 3.17. The third-order valence-corrected chi connectivity index (χ3v) is 1.47. The van der Waals surface area contributed by atoms with Crippen LogP contribution in [-0.4, -0.2) is 20.6 Å². The van der Waals surface area contributed by atoms with Crippen molar-refractivity contribution in [2.45, 2.75) is 13.5 Å². The highest BCUT2D eigenvalue weighted by Gasteiger charge is 2.09. The van der Waals surface area contributed by atoms with E-state index in [1.165, 1.54) is 10.9 Å². The molecule has 0 unspecified atom stereocenters. The molecule has 0 aliphatic rings. The molecule has 1 heterocycles. The molecule has 0 saturated carbocycles. The fourth-order valence-corrected chi connectivity index (χ4v) is 0.823. The van der Waals surface area contributed by atoms with E-state index in [0.717, 1.165) is 6.20 Å². The van der Waals surface area contributed by atoms with Gasteiger partial charge in [-0.05, 0) is 6.92 Å². The summed E-state index contributed by atoms with van der Waals surface area (Å²) in [5, 5.41) is 8.53. The van der Waals surface area contributed by atoms with Crippen LogP contribution in [0, 0.1) is 0 Å². The van der Waals surface area contributed by atoms with Crippen molar-refractivity contribution in [1.82, 2.24) is 9.55 Å². The molecular formula is C7H8N2O3. The molecule has 0 spiro atoms. The van der Waals surface area contributed by atoms with E-state index in [-0.39, 0.29) is 5.56 Å². The van der Waals surface area contributed by atoms with Crippen LogP contribution in [0.15, 0.2) is 17.3 Å². The summed E-state index contributed by atoms with van der Waals surface area (Å²) in [6, 6.07) is 0. The van der Waals surface area contributed by atoms with E-state index < -0.39 is 11.5 Å². The number of aromatic nitrogens is 2. The van der Waals surface area contributed by atoms with E-state index in [1.807, 2.05) is 0 Å². The molecule has 64 valence electrons. The molecule has 1 rings (SSSR count). The van der Waals surface area contributed by atoms with Gasteiger partial charge in [-0.15, -0.1) is 0 Å². The standard InChI is InChI=1S/C7H8N2O3/c1-2-9-4-8-3-5(6(9)10)7(11)12/h3-4H,2H2,1H3,(H,11,12). The molecule has 0 fully saturated rings. The Morgan fingerprint density at radius 3 is 2.92 bits per heavy atom. The Bertz CT molecular complexity index is 356. The largest absolute Gasteiger partial charge is 0.477 e. The first-order chi connectivity index (χ1) is 5.66. The van der Waals surface area contributed by atoms with E-state index in [0.29, 0.717) is 6.54 Å². The molecule has 5 heteroatoms. The van der Waals surface area contributed by atoms with Gasteiger partial charge in [-0.25, -0.2) is 9.78 Å². The zero-order valence-electron chi connectivity index (χ0n) is 6.52. The van der Waals surface area contributed by atoms with Crippen LogP contribution >= 0.6 is 0 Å². The minimum atomic E-state index is -1.24. The smallest absolute Gasteiger partial charge is 0.342 e. The molecule has 1 N–H and O–H groups in total. The summed E-state index contributed by atoms with van der Waals surface area (Å²) >= 11 is 0. The first kappa shape index (κ1) is 8.45. The lowest BCUT2D eigenvalue weighted by atomic mass is 10.3. The van der Waals surface area contributed by atoms with Gasteiger partial charge >= 0.3 is 5.97 Å². The van der Waals surface area contributed by atoms with Crippen LogP contribution in [0.2, 0.25) is 0 Å². The van der Waals surface area contributed by atoms with E-state index >= 15 is 0 Å². The maximum absolute atomic E-state index is 11.2. The summed E-state index contributed by atoms with van der Waals surface area (Å²) in [7, 11) is 0. The maximum atomic E-state index is 11.2. The Balaban J connectivity index is 3.33. The maximum Gasteiger partial charge on any atom is 0.342 e. The quantitative estimate of drug-likeness (QED) is 0.672. The van der Waals surface area contributed by atoms with Crippen molar-refractivity contribution in [1.29, 1.82) is 0 Å². The number of hydrogen-bond donors (Lipinski definition) is 1. The van der Waals surface area contributed by atoms with Crippen LogP contribution in [0.3, 0.4) is 0 Å². The van der Waals surface area contributed by atoms with Crippen molar-refractivity contribution < 1.29 is 9.90 Å². The number of aryl methyl sites for hydroxylation is 1. The van der Waals surface area contributed by atoms with E-state index in [2.05, 4.69) is 4.98 Å². The molecule has 1 aromatic heterocycles. The topological polar surface area (TPSA) is 72.2 Å². The normalized spacial score (nSPS) is 9.75. The van der Waals surface area contributed by atoms with Crippen molar-refractivity contribution in [3.05, 3.63) is 28.4 Å². The van der Waals surface area contributed by atoms with Gasteiger partial charge in [0.2, 0.25) is 0 Å². The van der Waals surface area contributed by atoms with E-state index in [1.54, 1.807) is 6.92 Å². The molecule has 0 bridgehead atoms. The summed E-state index contributed by atoms with van der Waals surface area (Å²) in [5.74, 6) is -1.24. The molecule has 0 radical (unpaired) electrons. The number of nitrogens with zero attached hydrogens (tertiary/aromatic N) is 2. The molecule has 12 heavy (non-hydrogen) atoms. The van der Waals surface area contributed by atoms with Gasteiger partial charge in [-0.3, -0.25) is 9.36 Å². The molecule has 0 aromatic carbocycles. The van der Waals surface area contributed by atoms with Gasteiger partial charge in [0, 0.05) is 12.7 Å². The second-order valence-corrected chi connectivity index (χ2v) is 2.20. The third kappa shape index (κ3) is 1.34. The average molecular weight is 168 g/mol. The van der Waals surface area contributed by atoms with Crippen molar-refractivity contribution >= 4 is 5.97 Å². The van der Waals surface area contributed by atoms with E-state index in [4.69, 9.17) is 5.11 Å². The third-order valence-electron chi connectivity index (χ3n) is 1.47. The number of hydrogen-bond acceptors (Lipinski definition) is 3. The first-order valence-electron chi connectivity index (χ1n) is 3.44. The van der Waals surface area contributed by atoms with Crippen molar-refractivity contribution in [3.63, 3.8) is 0 Å². The van der Waals surface area contributed by atoms with Crippen LogP contribution in [0.25, 0.3) is 0 Å². The summed E-state index contributed by atoms with van der Waals surface area (Å²) < 4.78 is 1.24. The molecular weight excluding hydrogens is 160 g/mol. The zero-order chi connectivity index (χ0) is 9.14. The van der Waals surface area contributed by atoms with Gasteiger partial charge < -0.3 is 5.11 Å². The number of rotatable bonds is 2. The fourth-order valence-electron chi connectivity index (χ4n) is 0.823. The van der Waals surface area contributed by atoms with Crippen LogP contribution in [0.5, 0.6) is 0 Å². The Labute approximate surface area is 68.3 Å². The van der Waals surface area contributed by atoms with Gasteiger partial charge in [0.1, 0.15) is 5.56 Å². The predicted molar refractivity (Wildman–Crippen MR) is 41.1 cm³/mol. The van der Waals surface area contributed by atoms with Crippen LogP contribution < -0.4 is 5.56 Å². The highest BCUT2D eigenvalue weighted by molar-refractivity contribution is 5.86. The number of aromatic carboxylic acids is 1. The average Bonchev–Trinajstić information content (AvgIpc) is 2.04. The predicted octanol–water partition coefficient (Wildman–Crippen LogP) is -0.0386. The minimum absolute atomic E-state index is 0.292. The Morgan fingerprint density at radius 1 is 1.75 bits per heavy atom. The SMILES string of the molecule is CCn1cncc(C(=O)O)c1=O. The summed E-state index contributed by atoms with van der Waals surface area (Å²) in [4.78, 5) is 25.2. The molecule has 0 saturated heterocycles. The lowest BCUT2D eigenvalue weighted by molar-refractivity contribution is 0.0693. The summed E-state index contributed by atoms with van der Waals surface area (Å²) in [6.07, 6.45) is 2.37. The van der Waals surface area contributed by atoms with Gasteiger partial charge in [-0.2, -0.15) is 0 Å². The number of carboxylic acid groups (broad SMARTS) is 1. The Morgan fingerprint density at radius 2 is 2.42 bits per heavy atom. The molecule has 1 aromatic rings. The molecule has 0 aliphatic carbocycles. The number of carbonyl (C=O) groups is 1. The van der Waals surface area contributed by atoms with Crippen molar-refractivity contribution in [2.75, 3.05) is 0 Å². The second-order valence-electron chi connectivity index (χ2n) is 2.20. The van der Waals surface area contributed by atoms with Crippen molar-refractivity contribution in [3.8, 4) is 0 Å². The minimum Gasteiger partial charge on any atom is -0.477 e. The highest BCUT2D eigenvalue weighted by atomic mass is 16.4. The summed E-state index contributed by atoms with van der Waals surface area (Å²) in [6.45, 7) is 2.17. The lowest BCUT2D eigenvalue weighted by Gasteiger charge is -1.99. The van der Waals surface area contributed by atoms with Crippen LogP contribution in [-0.2, 0) is 6.54 Å². The molecule has 0 amide bonds. The Hall–Kier alpha value is -1.65. The fraction of sp³-hybridized carbons (Fsp3) is 0.286. The summed E-state index contributed by atoms with van der Waals surface area (Å²) in [5.41, 5.74) is -0.806. The van der Waals surface area contributed by atoms with Gasteiger partial charge in [0.25, 0.3) is 5.56 Å². The van der Waals surface area contributed by atoms with Gasteiger partial charge in [0.05, 0.1) is 6.33 Å². The lowest BCUT2D eigenvalue weighted by Crippen LogP contribution is -2.25. The first-order valence-corrected chi connectivity index (χ1v) is 3.44. The number of carboxylic acids is 1. The molecule has 0 atom stereocenters. The van der Waals surface area contributed by atoms with Crippen LogP contribution in [0.1, 0.15) is 17.3 Å². The zero-order valence-corrected chi connectivity index (χ0v) is 6.52. The highest BCUT2D eigenvalue weighted by Crippen LogP contribution is 1.87. The van der Waals surface area contributed by atoms with Crippen molar-refractivity contribution in [2.24, 2.45) is 0 Å².